The van der Waals surface area contributed by atoms with Crippen molar-refractivity contribution in [1.82, 2.24) is 14.6 Å². The molecule has 1 unspecified atom stereocenters. The zero-order valence-corrected chi connectivity index (χ0v) is 26.9. The van der Waals surface area contributed by atoms with Crippen molar-refractivity contribution in [2.75, 3.05) is 36.2 Å². The molecule has 44 heavy (non-hydrogen) atoms. The van der Waals surface area contributed by atoms with Gasteiger partial charge in [-0.1, -0.05) is 62.5 Å². The Bertz CT molecular complexity index is 1640. The van der Waals surface area contributed by atoms with Gasteiger partial charge in [0.1, 0.15) is 0 Å². The van der Waals surface area contributed by atoms with Crippen molar-refractivity contribution >= 4 is 42.8 Å². The smallest absolute Gasteiger partial charge is 0.376 e. The van der Waals surface area contributed by atoms with Gasteiger partial charge in [0.25, 0.3) is 0 Å². The highest BCUT2D eigenvalue weighted by Crippen LogP contribution is 2.40. The molecule has 0 spiro atoms. The van der Waals surface area contributed by atoms with Crippen molar-refractivity contribution in [2.45, 2.75) is 44.5 Å². The molecule has 2 heterocycles. The van der Waals surface area contributed by atoms with Crippen molar-refractivity contribution in [3.8, 4) is 0 Å². The van der Waals surface area contributed by atoms with E-state index in [2.05, 4.69) is 10.3 Å². The van der Waals surface area contributed by atoms with Gasteiger partial charge in [-0.25, -0.2) is 16.8 Å². The Hall–Kier alpha value is -2.69. The summed E-state index contributed by atoms with van der Waals surface area (Å²) in [6, 6.07) is 8.06. The lowest BCUT2D eigenvalue weighted by molar-refractivity contribution is -0.258. The van der Waals surface area contributed by atoms with Crippen LogP contribution in [0.25, 0.3) is 0 Å². The molecule has 1 aromatic carbocycles. The number of aliphatic hydroxyl groups is 1. The van der Waals surface area contributed by atoms with Crippen molar-refractivity contribution in [1.29, 1.82) is 0 Å². The van der Waals surface area contributed by atoms with E-state index in [1.165, 1.54) is 34.9 Å². The maximum Gasteiger partial charge on any atom is 0.421 e. The van der Waals surface area contributed by atoms with E-state index in [-0.39, 0.29) is 59.7 Å². The first kappa shape index (κ1) is 34.2. The largest absolute Gasteiger partial charge is 0.421 e. The molecular weight excluding hydrogens is 638 g/mol. The van der Waals surface area contributed by atoms with Crippen molar-refractivity contribution < 1.29 is 35.1 Å². The molecule has 1 aliphatic carbocycles. The maximum atomic E-state index is 13.9. The van der Waals surface area contributed by atoms with Crippen LogP contribution in [0.4, 0.5) is 18.9 Å². The number of nitrogens with zero attached hydrogens (tertiary/aromatic N) is 3. The summed E-state index contributed by atoms with van der Waals surface area (Å²) in [5, 5.41) is 13.5. The fraction of sp³-hybridized carbons (Fsp3) is 0.448. The lowest BCUT2D eigenvalue weighted by Gasteiger charge is -2.46. The third-order valence-electron chi connectivity index (χ3n) is 7.63. The van der Waals surface area contributed by atoms with Gasteiger partial charge in [-0.3, -0.25) is 9.29 Å². The number of sulfonamides is 2. The summed E-state index contributed by atoms with van der Waals surface area (Å²) in [4.78, 5) is 4.29. The number of pyridine rings is 1. The lowest BCUT2D eigenvalue weighted by atomic mass is 9.85. The van der Waals surface area contributed by atoms with E-state index in [1.54, 1.807) is 38.1 Å². The van der Waals surface area contributed by atoms with Crippen LogP contribution in [0.15, 0.2) is 71.9 Å². The summed E-state index contributed by atoms with van der Waals surface area (Å²) in [7, 11) is -8.12. The number of allylic oxidation sites excluding steroid dienone is 4. The van der Waals surface area contributed by atoms with Gasteiger partial charge in [0.05, 0.1) is 34.6 Å². The third kappa shape index (κ3) is 6.92. The van der Waals surface area contributed by atoms with E-state index >= 15 is 0 Å². The van der Waals surface area contributed by atoms with Crippen LogP contribution in [0.2, 0.25) is 0 Å². The van der Waals surface area contributed by atoms with Crippen molar-refractivity contribution in [3.63, 3.8) is 0 Å². The highest BCUT2D eigenvalue weighted by molar-refractivity contribution is 7.96. The quantitative estimate of drug-likeness (QED) is 0.364. The van der Waals surface area contributed by atoms with Gasteiger partial charge in [-0.15, -0.1) is 0 Å². The molecule has 9 nitrogen and oxygen atoms in total. The van der Waals surface area contributed by atoms with Gasteiger partial charge in [0, 0.05) is 37.1 Å². The molecule has 0 saturated carbocycles. The Morgan fingerprint density at radius 2 is 1.84 bits per heavy atom. The van der Waals surface area contributed by atoms with E-state index < -0.39 is 42.9 Å². The van der Waals surface area contributed by atoms with E-state index in [0.717, 1.165) is 16.4 Å². The van der Waals surface area contributed by atoms with Crippen LogP contribution in [0.3, 0.4) is 0 Å². The first-order valence-corrected chi connectivity index (χ1v) is 17.3. The number of anilines is 1. The van der Waals surface area contributed by atoms with Gasteiger partial charge in [-0.05, 0) is 42.2 Å². The zero-order valence-electron chi connectivity index (χ0n) is 24.5. The molecule has 2 aromatic rings. The molecule has 2 atom stereocenters. The molecule has 0 radical (unpaired) electrons. The van der Waals surface area contributed by atoms with E-state index in [4.69, 9.17) is 12.2 Å². The maximum absolute atomic E-state index is 13.9. The SMILES string of the molecule is CC(C)CS(=O)(=O)N(C[C@@]1(c2ccc(C(C)(O)C(F)(F)F)cc2)CN(S(=O)(=O)C2=CC=CCC2=S)CCN1)c1cccnc1. The first-order valence-electron chi connectivity index (χ1n) is 13.9. The predicted molar refractivity (Wildman–Crippen MR) is 167 cm³/mol. The Morgan fingerprint density at radius 1 is 1.16 bits per heavy atom. The highest BCUT2D eigenvalue weighted by Gasteiger charge is 2.51. The number of halogens is 3. The summed E-state index contributed by atoms with van der Waals surface area (Å²) in [6.45, 7) is 3.72. The molecule has 15 heteroatoms. The molecular formula is C29H35F3N4O5S3. The van der Waals surface area contributed by atoms with Crippen LogP contribution in [0, 0.1) is 5.92 Å². The van der Waals surface area contributed by atoms with Crippen LogP contribution in [-0.2, 0) is 31.2 Å². The van der Waals surface area contributed by atoms with Crippen molar-refractivity contribution in [2.24, 2.45) is 5.92 Å². The molecule has 1 aliphatic heterocycles. The normalized spacial score (nSPS) is 21.6. The molecule has 1 aromatic heterocycles. The summed E-state index contributed by atoms with van der Waals surface area (Å²) < 4.78 is 98.5. The average Bonchev–Trinajstić information content (AvgIpc) is 2.95. The minimum atomic E-state index is -4.96. The monoisotopic (exact) mass is 672 g/mol. The van der Waals surface area contributed by atoms with Crippen LogP contribution in [0.1, 0.15) is 38.3 Å². The minimum absolute atomic E-state index is 0.0288. The zero-order chi connectivity index (χ0) is 32.6. The van der Waals surface area contributed by atoms with Crippen LogP contribution in [-0.4, -0.2) is 74.2 Å². The number of aromatic nitrogens is 1. The molecule has 0 bridgehead atoms. The standard InChI is InChI=1S/C29H35F3N4O5S3/c1-21(2)18-43(38,39)36(24-7-6-14-33-17-24)20-28(23-12-10-22(11-13-23)27(3,37)29(30,31)32)19-35(16-15-34-28)44(40,41)26-9-5-4-8-25(26)42/h4-7,9-14,17,21,34,37H,8,15-16,18-20H2,1-3H3/t27?,28-/m1/s1. The van der Waals surface area contributed by atoms with Gasteiger partial charge < -0.3 is 10.4 Å². The second-order valence-corrected chi connectivity index (χ2v) is 15.8. The van der Waals surface area contributed by atoms with Gasteiger partial charge >= 0.3 is 6.18 Å². The predicted octanol–water partition coefficient (Wildman–Crippen LogP) is 3.99. The molecule has 1 saturated heterocycles. The number of nitrogens with one attached hydrogen (secondary N) is 1. The van der Waals surface area contributed by atoms with E-state index in [9.17, 15) is 35.1 Å². The Balaban J connectivity index is 1.86. The fourth-order valence-electron chi connectivity index (χ4n) is 5.23. The van der Waals surface area contributed by atoms with E-state index in [0.29, 0.717) is 12.5 Å². The number of rotatable bonds is 10. The van der Waals surface area contributed by atoms with Gasteiger partial charge in [0.2, 0.25) is 20.0 Å². The Labute approximate surface area is 261 Å². The molecule has 2 N–H and O–H groups in total. The minimum Gasteiger partial charge on any atom is -0.376 e. The number of alkyl halides is 3. The van der Waals surface area contributed by atoms with Gasteiger partial charge in [0.15, 0.2) is 5.60 Å². The summed E-state index contributed by atoms with van der Waals surface area (Å²) >= 11 is 5.35. The second kappa shape index (κ2) is 12.6. The number of hydrogen-bond acceptors (Lipinski definition) is 8. The molecule has 0 amide bonds. The average molecular weight is 673 g/mol. The molecule has 2 aliphatic rings. The Morgan fingerprint density at radius 3 is 2.41 bits per heavy atom. The summed E-state index contributed by atoms with van der Waals surface area (Å²) in [6.07, 6.45) is 2.96. The van der Waals surface area contributed by atoms with Crippen LogP contribution in [0.5, 0.6) is 0 Å². The topological polar surface area (TPSA) is 120 Å². The molecule has 240 valence electrons. The molecule has 1 fully saturated rings. The molecule has 4 rings (SSSR count). The van der Waals surface area contributed by atoms with Crippen LogP contribution >= 0.6 is 12.2 Å². The van der Waals surface area contributed by atoms with E-state index in [1.807, 2.05) is 0 Å². The Kier molecular flexibility index (Phi) is 9.79. The number of hydrogen-bond donors (Lipinski definition) is 2. The number of benzene rings is 1. The van der Waals surface area contributed by atoms with Crippen molar-refractivity contribution in [3.05, 3.63) is 83.1 Å². The third-order valence-corrected chi connectivity index (χ3v) is 12.2. The first-order chi connectivity index (χ1) is 20.4. The summed E-state index contributed by atoms with van der Waals surface area (Å²) in [5.41, 5.74) is -4.43. The second-order valence-electron chi connectivity index (χ2n) is 11.5. The fourth-order valence-corrected chi connectivity index (χ4v) is 9.20. The number of thiocarbonyl (C=S) groups is 1. The highest BCUT2D eigenvalue weighted by atomic mass is 32.2. The number of piperazine rings is 1. The summed E-state index contributed by atoms with van der Waals surface area (Å²) in [5.74, 6) is -0.469. The van der Waals surface area contributed by atoms with Crippen LogP contribution < -0.4 is 9.62 Å². The lowest BCUT2D eigenvalue weighted by Crippen LogP contribution is -2.64. The van der Waals surface area contributed by atoms with Gasteiger partial charge in [-0.2, -0.15) is 17.5 Å².